The zero-order valence-corrected chi connectivity index (χ0v) is 33.8. The maximum Gasteiger partial charge on any atom is 0.425 e. The van der Waals surface area contributed by atoms with Gasteiger partial charge in [0.05, 0.1) is 17.8 Å². The number of aliphatic hydroxyl groups excluding tert-OH is 1. The molecular weight excluding hydrogens is 687 g/mol. The number of hydrogen-bond acceptors (Lipinski definition) is 12. The van der Waals surface area contributed by atoms with E-state index in [1.54, 1.807) is 45.7 Å². The molecule has 0 saturated carbocycles. The van der Waals surface area contributed by atoms with Crippen molar-refractivity contribution in [2.75, 3.05) is 27.5 Å². The van der Waals surface area contributed by atoms with Crippen LogP contribution in [0.4, 0.5) is 4.79 Å². The van der Waals surface area contributed by atoms with Crippen LogP contribution in [-0.2, 0) is 39.8 Å². The Bertz CT molecular complexity index is 1440. The lowest BCUT2D eigenvalue weighted by Crippen LogP contribution is -2.60. The second-order valence-corrected chi connectivity index (χ2v) is 16.4. The zero-order chi connectivity index (χ0) is 38.7. The third-order valence-corrected chi connectivity index (χ3v) is 12.0. The summed E-state index contributed by atoms with van der Waals surface area (Å²) in [5.74, 6) is -2.43. The Balaban J connectivity index is 1.75. The third kappa shape index (κ3) is 8.88. The van der Waals surface area contributed by atoms with Gasteiger partial charge in [-0.25, -0.2) is 20.0 Å². The van der Waals surface area contributed by atoms with Gasteiger partial charge in [-0.15, -0.1) is 11.8 Å². The SMILES string of the molecule is CCC1OC(=O)/C(C)=C/[C@H](C)[C@@H](O[C@@H]2O[C@H](C)C[C@H](N(C)C)[C@H]2O)[C@](C)(OC)C[C@@H](C)C(=O)[C@H](C)[C@H]2N(NCc3ccc(SC)cc3)C(=O)O[C@]12C. The van der Waals surface area contributed by atoms with E-state index in [4.69, 9.17) is 23.7 Å². The van der Waals surface area contributed by atoms with E-state index >= 15 is 0 Å². The molecule has 1 aromatic carbocycles. The van der Waals surface area contributed by atoms with Gasteiger partial charge in [-0.1, -0.05) is 45.9 Å². The molecule has 0 bridgehead atoms. The van der Waals surface area contributed by atoms with Gasteiger partial charge in [0.2, 0.25) is 0 Å². The first-order chi connectivity index (χ1) is 24.4. The first kappa shape index (κ1) is 42.2. The van der Waals surface area contributed by atoms with Crippen LogP contribution in [0.25, 0.3) is 0 Å². The first-order valence-corrected chi connectivity index (χ1v) is 19.6. The highest BCUT2D eigenvalue weighted by molar-refractivity contribution is 7.98. The average Bonchev–Trinajstić information content (AvgIpc) is 3.37. The highest BCUT2D eigenvalue weighted by Crippen LogP contribution is 2.42. The summed E-state index contributed by atoms with van der Waals surface area (Å²) in [5.41, 5.74) is 2.10. The Hall–Kier alpha value is -2.52. The Labute approximate surface area is 314 Å². The molecule has 3 aliphatic rings. The minimum absolute atomic E-state index is 0.111. The van der Waals surface area contributed by atoms with Crippen molar-refractivity contribution in [1.29, 1.82) is 0 Å². The lowest BCUT2D eigenvalue weighted by molar-refractivity contribution is -0.294. The molecule has 0 aliphatic carbocycles. The summed E-state index contributed by atoms with van der Waals surface area (Å²) in [6, 6.07) is 6.98. The molecule has 1 amide bonds. The van der Waals surface area contributed by atoms with Crippen molar-refractivity contribution in [3.8, 4) is 0 Å². The van der Waals surface area contributed by atoms with Gasteiger partial charge >= 0.3 is 12.1 Å². The number of carbonyl (C=O) groups excluding carboxylic acids is 3. The van der Waals surface area contributed by atoms with Crippen LogP contribution < -0.4 is 5.43 Å². The molecule has 2 fully saturated rings. The number of Topliss-reactive ketones (excluding diaryl/α,β-unsaturated/α-hetero) is 1. The van der Waals surface area contributed by atoms with Gasteiger partial charge in [-0.3, -0.25) is 4.79 Å². The van der Waals surface area contributed by atoms with E-state index in [2.05, 4.69) is 5.43 Å². The fourth-order valence-corrected chi connectivity index (χ4v) is 8.76. The predicted octanol–water partition coefficient (Wildman–Crippen LogP) is 5.36. The van der Waals surface area contributed by atoms with E-state index in [-0.39, 0.29) is 24.3 Å². The number of esters is 1. The van der Waals surface area contributed by atoms with Gasteiger partial charge in [0, 0.05) is 47.9 Å². The molecule has 1 aromatic rings. The van der Waals surface area contributed by atoms with Gasteiger partial charge in [-0.2, -0.15) is 0 Å². The minimum Gasteiger partial charge on any atom is -0.455 e. The minimum atomic E-state index is -1.35. The fraction of sp³-hybridized carbons (Fsp3) is 0.718. The largest absolute Gasteiger partial charge is 0.455 e. The number of ketones is 1. The standard InChI is InChI=1S/C39H61N3O9S/c1-13-30-39(8)33(42(37(46)51-39)40-21-27-14-16-28(52-12)17-15-27)26(6)31(43)24(4)20-38(7,47-11)34(22(2)18-23(3)35(45)49-30)50-36-32(44)29(41(9)10)19-25(5)48-36/h14-18,22,24-26,29-30,32-34,36,40,44H,13,19-21H2,1-12H3/b23-18+/t22-,24+,25+,26-,29-,30?,32+,33+,34+,36-,38+,39+/m0/s1. The van der Waals surface area contributed by atoms with Crippen molar-refractivity contribution in [2.45, 2.75) is 140 Å². The smallest absolute Gasteiger partial charge is 0.425 e. The molecule has 0 radical (unpaired) electrons. The third-order valence-electron chi connectivity index (χ3n) is 11.3. The normalized spacial score (nSPS) is 39.0. The molecule has 12 atom stereocenters. The molecule has 292 valence electrons. The number of thioether (sulfide) groups is 1. The zero-order valence-electron chi connectivity index (χ0n) is 33.0. The highest BCUT2D eigenvalue weighted by Gasteiger charge is 2.60. The molecule has 12 nitrogen and oxygen atoms in total. The number of likely N-dealkylation sites (N-methyl/N-ethyl adjacent to an activating group) is 1. The van der Waals surface area contributed by atoms with Gasteiger partial charge in [0.15, 0.2) is 11.9 Å². The number of aliphatic hydroxyl groups is 1. The molecule has 0 spiro atoms. The van der Waals surface area contributed by atoms with Crippen LogP contribution in [0.3, 0.4) is 0 Å². The van der Waals surface area contributed by atoms with Crippen molar-refractivity contribution in [1.82, 2.24) is 15.3 Å². The van der Waals surface area contributed by atoms with Gasteiger partial charge in [0.1, 0.15) is 24.0 Å². The summed E-state index contributed by atoms with van der Waals surface area (Å²) in [5, 5.41) is 12.8. The fourth-order valence-electron chi connectivity index (χ4n) is 8.36. The quantitative estimate of drug-likeness (QED) is 0.249. The van der Waals surface area contributed by atoms with Crippen LogP contribution in [0, 0.1) is 17.8 Å². The second-order valence-electron chi connectivity index (χ2n) is 15.5. The summed E-state index contributed by atoms with van der Waals surface area (Å²) in [7, 11) is 5.40. The molecule has 3 heterocycles. The first-order valence-electron chi connectivity index (χ1n) is 18.4. The highest BCUT2D eigenvalue weighted by atomic mass is 32.2. The van der Waals surface area contributed by atoms with Crippen molar-refractivity contribution in [2.24, 2.45) is 17.8 Å². The van der Waals surface area contributed by atoms with Crippen molar-refractivity contribution in [3.63, 3.8) is 0 Å². The van der Waals surface area contributed by atoms with E-state index in [0.717, 1.165) is 10.5 Å². The summed E-state index contributed by atoms with van der Waals surface area (Å²) in [6.07, 6.45) is 0.630. The summed E-state index contributed by atoms with van der Waals surface area (Å²) < 4.78 is 31.4. The number of cyclic esters (lactones) is 1. The average molecular weight is 748 g/mol. The molecule has 13 heteroatoms. The topological polar surface area (TPSA) is 136 Å². The lowest BCUT2D eigenvalue weighted by atomic mass is 9.74. The summed E-state index contributed by atoms with van der Waals surface area (Å²) in [6.45, 7) is 15.0. The molecule has 1 unspecified atom stereocenters. The van der Waals surface area contributed by atoms with Gasteiger partial charge < -0.3 is 33.7 Å². The van der Waals surface area contributed by atoms with Crippen LogP contribution in [0.2, 0.25) is 0 Å². The monoisotopic (exact) mass is 747 g/mol. The number of hydrazine groups is 1. The number of ether oxygens (including phenoxy) is 5. The Morgan fingerprint density at radius 2 is 1.75 bits per heavy atom. The van der Waals surface area contributed by atoms with Crippen LogP contribution in [0.5, 0.6) is 0 Å². The van der Waals surface area contributed by atoms with E-state index in [9.17, 15) is 19.5 Å². The van der Waals surface area contributed by atoms with Crippen molar-refractivity contribution in [3.05, 3.63) is 41.5 Å². The number of nitrogens with zero attached hydrogens (tertiary/aromatic N) is 2. The number of fused-ring (bicyclic) bond motifs is 1. The van der Waals surface area contributed by atoms with E-state index in [0.29, 0.717) is 25.0 Å². The second kappa shape index (κ2) is 17.3. The van der Waals surface area contributed by atoms with Crippen molar-refractivity contribution >= 4 is 29.6 Å². The lowest BCUT2D eigenvalue weighted by Gasteiger charge is -2.46. The maximum absolute atomic E-state index is 14.6. The van der Waals surface area contributed by atoms with Crippen molar-refractivity contribution < 1.29 is 43.2 Å². The number of amides is 1. The Morgan fingerprint density at radius 3 is 2.33 bits per heavy atom. The predicted molar refractivity (Wildman–Crippen MR) is 199 cm³/mol. The van der Waals surface area contributed by atoms with Crippen LogP contribution in [-0.4, -0.2) is 114 Å². The molecule has 0 aromatic heterocycles. The molecule has 2 saturated heterocycles. The molecular formula is C39H61N3O9S. The summed E-state index contributed by atoms with van der Waals surface area (Å²) >= 11 is 1.64. The van der Waals surface area contributed by atoms with E-state index < -0.39 is 71.7 Å². The number of rotatable bonds is 9. The molecule has 4 rings (SSSR count). The van der Waals surface area contributed by atoms with Crippen LogP contribution in [0.1, 0.15) is 80.2 Å². The van der Waals surface area contributed by atoms with E-state index in [1.807, 2.05) is 84.1 Å². The number of nitrogens with one attached hydrogen (secondary N) is 1. The molecule has 52 heavy (non-hydrogen) atoms. The molecule has 2 N–H and O–H groups in total. The molecule has 3 aliphatic heterocycles. The van der Waals surface area contributed by atoms with Gasteiger partial charge in [0.25, 0.3) is 0 Å². The number of hydrogen-bond donors (Lipinski definition) is 2. The van der Waals surface area contributed by atoms with E-state index in [1.165, 1.54) is 5.01 Å². The maximum atomic E-state index is 14.6. The number of carbonyl (C=O) groups is 3. The van der Waals surface area contributed by atoms with Gasteiger partial charge in [-0.05, 0) is 85.0 Å². The number of methoxy groups -OCH3 is 1. The summed E-state index contributed by atoms with van der Waals surface area (Å²) in [4.78, 5) is 45.2. The number of benzene rings is 1. The Morgan fingerprint density at radius 1 is 1.10 bits per heavy atom. The van der Waals surface area contributed by atoms with Crippen LogP contribution >= 0.6 is 11.8 Å². The van der Waals surface area contributed by atoms with Crippen LogP contribution in [0.15, 0.2) is 40.8 Å². The Kier molecular flexibility index (Phi) is 14.0.